The number of hydrogen-bond acceptors (Lipinski definition) is 0. The van der Waals surface area contributed by atoms with E-state index in [-0.39, 0.29) is 0 Å². The van der Waals surface area contributed by atoms with Gasteiger partial charge in [-0.25, -0.2) is 0 Å². The van der Waals surface area contributed by atoms with Crippen LogP contribution in [0.25, 0.3) is 5.57 Å². The first-order valence-corrected chi connectivity index (χ1v) is 6.81. The third-order valence-corrected chi connectivity index (χ3v) is 3.53. The number of halogens is 1. The van der Waals surface area contributed by atoms with Crippen LogP contribution >= 0.6 is 22.6 Å². The minimum Gasteiger partial charge on any atom is -0.0952 e. The molecule has 2 rings (SSSR count). The highest BCUT2D eigenvalue weighted by Gasteiger charge is 1.99. The third kappa shape index (κ3) is 3.70. The summed E-state index contributed by atoms with van der Waals surface area (Å²) in [5, 5.41) is 0. The lowest BCUT2D eigenvalue weighted by Gasteiger charge is -2.06. The Bertz CT molecular complexity index is 483. The summed E-state index contributed by atoms with van der Waals surface area (Å²) in [6, 6.07) is 19.1. The monoisotopic (exact) mass is 334 g/mol. The van der Waals surface area contributed by atoms with Crippen LogP contribution in [0.1, 0.15) is 17.5 Å². The highest BCUT2D eigenvalue weighted by molar-refractivity contribution is 14.1. The Labute approximate surface area is 117 Å². The molecule has 0 aliphatic carbocycles. The fraction of sp³-hybridized carbons (Fsp3) is 0.125. The fourth-order valence-electron chi connectivity index (χ4n) is 1.76. The maximum atomic E-state index is 4.16. The summed E-state index contributed by atoms with van der Waals surface area (Å²) in [5.74, 6) is 0. The minimum atomic E-state index is 1.02. The molecule has 0 aromatic heterocycles. The van der Waals surface area contributed by atoms with Crippen molar-refractivity contribution in [2.24, 2.45) is 0 Å². The van der Waals surface area contributed by atoms with Gasteiger partial charge in [0.25, 0.3) is 0 Å². The molecule has 0 spiro atoms. The standard InChI is InChI=1S/C16H15I/c1-13(15-5-3-2-4-6-15)7-8-14-9-11-16(17)12-10-14/h2-6,9-12H,1,7-8H2. The average Bonchev–Trinajstić information content (AvgIpc) is 2.39. The van der Waals surface area contributed by atoms with Gasteiger partial charge in [-0.1, -0.05) is 49.0 Å². The van der Waals surface area contributed by atoms with Crippen LogP contribution in [0.4, 0.5) is 0 Å². The zero-order valence-electron chi connectivity index (χ0n) is 9.70. The van der Waals surface area contributed by atoms with Crippen molar-refractivity contribution < 1.29 is 0 Å². The van der Waals surface area contributed by atoms with E-state index in [0.717, 1.165) is 12.8 Å². The minimum absolute atomic E-state index is 1.02. The number of rotatable bonds is 4. The lowest BCUT2D eigenvalue weighted by molar-refractivity contribution is 1.02. The van der Waals surface area contributed by atoms with E-state index in [4.69, 9.17) is 0 Å². The zero-order chi connectivity index (χ0) is 12.1. The van der Waals surface area contributed by atoms with Crippen molar-refractivity contribution in [2.45, 2.75) is 12.8 Å². The van der Waals surface area contributed by atoms with Crippen LogP contribution in [-0.2, 0) is 6.42 Å². The van der Waals surface area contributed by atoms with Crippen molar-refractivity contribution in [3.8, 4) is 0 Å². The molecule has 0 aliphatic heterocycles. The van der Waals surface area contributed by atoms with Crippen molar-refractivity contribution >= 4 is 28.2 Å². The highest BCUT2D eigenvalue weighted by atomic mass is 127. The maximum Gasteiger partial charge on any atom is 0.0130 e. The first-order valence-electron chi connectivity index (χ1n) is 5.73. The lowest BCUT2D eigenvalue weighted by atomic mass is 10.00. The van der Waals surface area contributed by atoms with Gasteiger partial charge in [0.2, 0.25) is 0 Å². The third-order valence-electron chi connectivity index (χ3n) is 2.81. The van der Waals surface area contributed by atoms with Crippen LogP contribution < -0.4 is 0 Å². The molecular weight excluding hydrogens is 319 g/mol. The van der Waals surface area contributed by atoms with Crippen molar-refractivity contribution in [3.05, 3.63) is 75.9 Å². The van der Waals surface area contributed by atoms with Crippen LogP contribution in [0.3, 0.4) is 0 Å². The largest absolute Gasteiger partial charge is 0.0952 e. The summed E-state index contributed by atoms with van der Waals surface area (Å²) >= 11 is 2.33. The Morgan fingerprint density at radius 2 is 1.59 bits per heavy atom. The van der Waals surface area contributed by atoms with Crippen molar-refractivity contribution in [2.75, 3.05) is 0 Å². The molecule has 17 heavy (non-hydrogen) atoms. The summed E-state index contributed by atoms with van der Waals surface area (Å²) in [6.07, 6.45) is 2.08. The summed E-state index contributed by atoms with van der Waals surface area (Å²) in [7, 11) is 0. The molecule has 0 fully saturated rings. The van der Waals surface area contributed by atoms with E-state index in [0.29, 0.717) is 0 Å². The van der Waals surface area contributed by atoms with Crippen LogP contribution in [0.5, 0.6) is 0 Å². The molecule has 2 aromatic carbocycles. The van der Waals surface area contributed by atoms with Crippen LogP contribution in [0.15, 0.2) is 61.2 Å². The second-order valence-electron chi connectivity index (χ2n) is 4.10. The second-order valence-corrected chi connectivity index (χ2v) is 5.34. The van der Waals surface area contributed by atoms with E-state index in [2.05, 4.69) is 77.7 Å². The van der Waals surface area contributed by atoms with Crippen LogP contribution in [-0.4, -0.2) is 0 Å². The molecule has 0 atom stereocenters. The molecule has 0 saturated heterocycles. The van der Waals surface area contributed by atoms with E-state index in [1.807, 2.05) is 6.07 Å². The van der Waals surface area contributed by atoms with Gasteiger partial charge in [-0.05, 0) is 64.3 Å². The second kappa shape index (κ2) is 6.01. The molecule has 0 heterocycles. The molecule has 0 bridgehead atoms. The van der Waals surface area contributed by atoms with Crippen LogP contribution in [0.2, 0.25) is 0 Å². The number of allylic oxidation sites excluding steroid dienone is 1. The molecule has 1 heteroatoms. The quantitative estimate of drug-likeness (QED) is 0.695. The van der Waals surface area contributed by atoms with Gasteiger partial charge in [0.1, 0.15) is 0 Å². The Morgan fingerprint density at radius 3 is 2.24 bits per heavy atom. The maximum absolute atomic E-state index is 4.16. The Balaban J connectivity index is 1.95. The topological polar surface area (TPSA) is 0 Å². The summed E-state index contributed by atoms with van der Waals surface area (Å²) in [6.45, 7) is 4.16. The van der Waals surface area contributed by atoms with Gasteiger partial charge in [-0.2, -0.15) is 0 Å². The SMILES string of the molecule is C=C(CCc1ccc(I)cc1)c1ccccc1. The van der Waals surface area contributed by atoms with Crippen molar-refractivity contribution in [1.29, 1.82) is 0 Å². The van der Waals surface area contributed by atoms with E-state index in [9.17, 15) is 0 Å². The Kier molecular flexibility index (Phi) is 4.37. The average molecular weight is 334 g/mol. The molecule has 0 saturated carbocycles. The van der Waals surface area contributed by atoms with Gasteiger partial charge in [0, 0.05) is 3.57 Å². The molecule has 0 unspecified atom stereocenters. The summed E-state index contributed by atoms with van der Waals surface area (Å²) < 4.78 is 1.29. The van der Waals surface area contributed by atoms with Gasteiger partial charge in [-0.3, -0.25) is 0 Å². The first-order chi connectivity index (χ1) is 8.25. The number of benzene rings is 2. The van der Waals surface area contributed by atoms with Crippen molar-refractivity contribution in [1.82, 2.24) is 0 Å². The number of hydrogen-bond donors (Lipinski definition) is 0. The first kappa shape index (κ1) is 12.4. The Hall–Kier alpha value is -1.09. The van der Waals surface area contributed by atoms with Crippen molar-refractivity contribution in [3.63, 3.8) is 0 Å². The van der Waals surface area contributed by atoms with Gasteiger partial charge in [0.05, 0.1) is 0 Å². The molecule has 0 radical (unpaired) electrons. The smallest absolute Gasteiger partial charge is 0.0130 e. The van der Waals surface area contributed by atoms with Gasteiger partial charge < -0.3 is 0 Å². The van der Waals surface area contributed by atoms with E-state index < -0.39 is 0 Å². The van der Waals surface area contributed by atoms with E-state index in [1.54, 1.807) is 0 Å². The van der Waals surface area contributed by atoms with E-state index in [1.165, 1.54) is 20.3 Å². The molecule has 0 N–H and O–H groups in total. The normalized spacial score (nSPS) is 10.2. The van der Waals surface area contributed by atoms with E-state index >= 15 is 0 Å². The van der Waals surface area contributed by atoms with Gasteiger partial charge >= 0.3 is 0 Å². The van der Waals surface area contributed by atoms with Gasteiger partial charge in [-0.15, -0.1) is 0 Å². The predicted octanol–water partition coefficient (Wildman–Crippen LogP) is 4.94. The molecule has 2 aromatic rings. The highest BCUT2D eigenvalue weighted by Crippen LogP contribution is 2.18. The zero-order valence-corrected chi connectivity index (χ0v) is 11.9. The fourth-order valence-corrected chi connectivity index (χ4v) is 2.12. The lowest BCUT2D eigenvalue weighted by Crippen LogP contribution is -1.88. The van der Waals surface area contributed by atoms with Gasteiger partial charge in [0.15, 0.2) is 0 Å². The molecule has 0 amide bonds. The molecule has 0 nitrogen and oxygen atoms in total. The molecule has 86 valence electrons. The molecular formula is C16H15I. The summed E-state index contributed by atoms with van der Waals surface area (Å²) in [4.78, 5) is 0. The number of aryl methyl sites for hydroxylation is 1. The summed E-state index contributed by atoms with van der Waals surface area (Å²) in [5.41, 5.74) is 3.84. The molecule has 0 aliphatic rings. The predicted molar refractivity (Wildman–Crippen MR) is 83.0 cm³/mol. The Morgan fingerprint density at radius 1 is 0.941 bits per heavy atom. The van der Waals surface area contributed by atoms with Crippen LogP contribution in [0, 0.1) is 3.57 Å².